The molecule has 0 atom stereocenters. The lowest BCUT2D eigenvalue weighted by Crippen LogP contribution is -2.38. The molecule has 0 N–H and O–H groups in total. The molecule has 1 fully saturated rings. The van der Waals surface area contributed by atoms with Gasteiger partial charge in [-0.1, -0.05) is 23.9 Å². The number of nitro groups is 1. The van der Waals surface area contributed by atoms with Crippen molar-refractivity contribution in [2.24, 2.45) is 0 Å². The average Bonchev–Trinajstić information content (AvgIpc) is 3.01. The summed E-state index contributed by atoms with van der Waals surface area (Å²) in [7, 11) is 0. The van der Waals surface area contributed by atoms with Crippen molar-refractivity contribution < 1.29 is 22.8 Å². The van der Waals surface area contributed by atoms with Gasteiger partial charge in [0.15, 0.2) is 5.16 Å². The predicted octanol–water partition coefficient (Wildman–Crippen LogP) is 2.88. The van der Waals surface area contributed by atoms with Crippen molar-refractivity contribution in [2.75, 3.05) is 31.2 Å². The molecule has 2 heterocycles. The van der Waals surface area contributed by atoms with Gasteiger partial charge in [0.25, 0.3) is 5.69 Å². The van der Waals surface area contributed by atoms with Crippen LogP contribution in [0.5, 0.6) is 0 Å². The molecule has 1 aliphatic heterocycles. The molecule has 0 spiro atoms. The number of nitrogens with zero attached hydrogens (tertiary/aromatic N) is 5. The van der Waals surface area contributed by atoms with Crippen molar-refractivity contribution in [3.05, 3.63) is 39.9 Å². The number of rotatable bonds is 6. The number of aromatic nitrogens is 3. The van der Waals surface area contributed by atoms with Crippen LogP contribution >= 0.6 is 11.8 Å². The Kier molecular flexibility index (Phi) is 5.85. The molecule has 1 aliphatic rings. The van der Waals surface area contributed by atoms with Crippen LogP contribution in [0, 0.1) is 10.1 Å². The molecule has 0 unspecified atom stereocenters. The van der Waals surface area contributed by atoms with Crippen LogP contribution in [0.3, 0.4) is 0 Å². The molecule has 0 radical (unpaired) electrons. The monoisotopic (exact) mass is 403 g/mol. The highest BCUT2D eigenvalue weighted by atomic mass is 32.2. The largest absolute Gasteiger partial charge is 0.406 e. The van der Waals surface area contributed by atoms with E-state index in [4.69, 9.17) is 4.74 Å². The lowest BCUT2D eigenvalue weighted by atomic mass is 10.2. The first-order chi connectivity index (χ1) is 12.8. The van der Waals surface area contributed by atoms with Gasteiger partial charge >= 0.3 is 6.18 Å². The predicted molar refractivity (Wildman–Crippen MR) is 91.8 cm³/mol. The van der Waals surface area contributed by atoms with E-state index in [0.717, 1.165) is 16.3 Å². The fraction of sp³-hybridized carbons (Fsp3) is 0.467. The van der Waals surface area contributed by atoms with Gasteiger partial charge in [-0.25, -0.2) is 0 Å². The molecule has 1 saturated heterocycles. The number of hydrogen-bond acceptors (Lipinski definition) is 7. The number of morpholine rings is 1. The standard InChI is InChI=1S/C15H16F3N5O3S/c16-15(17,18)10-22-13(21-4-6-26-7-5-21)19-20-14(22)27-9-11-2-1-3-12(8-11)23(24)25/h1-3,8H,4-7,9-10H2. The zero-order valence-corrected chi connectivity index (χ0v) is 14.9. The van der Waals surface area contributed by atoms with Crippen LogP contribution in [0.2, 0.25) is 0 Å². The molecule has 27 heavy (non-hydrogen) atoms. The second-order valence-corrected chi connectivity index (χ2v) is 6.74. The number of thioether (sulfide) groups is 1. The quantitative estimate of drug-likeness (QED) is 0.416. The molecule has 2 aromatic rings. The fourth-order valence-electron chi connectivity index (χ4n) is 2.61. The SMILES string of the molecule is O=[N+]([O-])c1cccc(CSc2nnc(N3CCOCC3)n2CC(F)(F)F)c1. The number of anilines is 1. The highest BCUT2D eigenvalue weighted by Gasteiger charge is 2.32. The third-order valence-corrected chi connectivity index (χ3v) is 4.86. The van der Waals surface area contributed by atoms with Crippen molar-refractivity contribution in [3.8, 4) is 0 Å². The summed E-state index contributed by atoms with van der Waals surface area (Å²) in [6.07, 6.45) is -4.43. The molecule has 3 rings (SSSR count). The van der Waals surface area contributed by atoms with E-state index in [0.29, 0.717) is 31.9 Å². The number of halogens is 3. The number of non-ortho nitro benzene ring substituents is 1. The fourth-order valence-corrected chi connectivity index (χ4v) is 3.49. The van der Waals surface area contributed by atoms with Gasteiger partial charge in [-0.3, -0.25) is 14.7 Å². The van der Waals surface area contributed by atoms with E-state index in [1.165, 1.54) is 18.2 Å². The van der Waals surface area contributed by atoms with Crippen LogP contribution in [0.4, 0.5) is 24.8 Å². The van der Waals surface area contributed by atoms with Gasteiger partial charge < -0.3 is 9.64 Å². The topological polar surface area (TPSA) is 86.3 Å². The lowest BCUT2D eigenvalue weighted by Gasteiger charge is -2.28. The van der Waals surface area contributed by atoms with Gasteiger partial charge in [-0.05, 0) is 5.56 Å². The van der Waals surface area contributed by atoms with E-state index in [2.05, 4.69) is 10.2 Å². The average molecular weight is 403 g/mol. The third kappa shape index (κ3) is 5.10. The summed E-state index contributed by atoms with van der Waals surface area (Å²) in [6, 6.07) is 5.96. The van der Waals surface area contributed by atoms with Gasteiger partial charge in [0, 0.05) is 31.0 Å². The van der Waals surface area contributed by atoms with Crippen LogP contribution in [-0.4, -0.2) is 52.2 Å². The normalized spacial score (nSPS) is 15.1. The van der Waals surface area contributed by atoms with Gasteiger partial charge in [-0.15, -0.1) is 10.2 Å². The molecule has 1 aromatic heterocycles. The van der Waals surface area contributed by atoms with Crippen molar-refractivity contribution in [1.29, 1.82) is 0 Å². The van der Waals surface area contributed by atoms with E-state index in [1.54, 1.807) is 11.0 Å². The highest BCUT2D eigenvalue weighted by Crippen LogP contribution is 2.30. The lowest BCUT2D eigenvalue weighted by molar-refractivity contribution is -0.384. The number of ether oxygens (including phenoxy) is 1. The second kappa shape index (κ2) is 8.13. The van der Waals surface area contributed by atoms with E-state index in [9.17, 15) is 23.3 Å². The van der Waals surface area contributed by atoms with Gasteiger partial charge in [-0.2, -0.15) is 13.2 Å². The number of hydrogen-bond donors (Lipinski definition) is 0. The number of nitro benzene ring substituents is 1. The van der Waals surface area contributed by atoms with E-state index in [-0.39, 0.29) is 22.5 Å². The third-order valence-electron chi connectivity index (χ3n) is 3.82. The summed E-state index contributed by atoms with van der Waals surface area (Å²) < 4.78 is 45.4. The Balaban J connectivity index is 1.80. The van der Waals surface area contributed by atoms with Gasteiger partial charge in [0.1, 0.15) is 6.54 Å². The van der Waals surface area contributed by atoms with Crippen LogP contribution < -0.4 is 4.90 Å². The molecule has 0 aliphatic carbocycles. The smallest absolute Gasteiger partial charge is 0.378 e. The van der Waals surface area contributed by atoms with Crippen LogP contribution in [0.25, 0.3) is 0 Å². The maximum absolute atomic E-state index is 13.0. The van der Waals surface area contributed by atoms with Gasteiger partial charge in [0.05, 0.1) is 18.1 Å². The van der Waals surface area contributed by atoms with Gasteiger partial charge in [0.2, 0.25) is 5.95 Å². The zero-order chi connectivity index (χ0) is 19.4. The molecule has 8 nitrogen and oxygen atoms in total. The zero-order valence-electron chi connectivity index (χ0n) is 14.1. The summed E-state index contributed by atoms with van der Waals surface area (Å²) in [5, 5.41) is 18.8. The molecule has 0 bridgehead atoms. The first-order valence-corrected chi connectivity index (χ1v) is 9.01. The van der Waals surface area contributed by atoms with Crippen molar-refractivity contribution in [1.82, 2.24) is 14.8 Å². The number of alkyl halides is 3. The minimum atomic E-state index is -4.43. The molecule has 0 amide bonds. The van der Waals surface area contributed by atoms with E-state index in [1.807, 2.05) is 0 Å². The summed E-state index contributed by atoms with van der Waals surface area (Å²) in [5.74, 6) is 0.387. The summed E-state index contributed by atoms with van der Waals surface area (Å²) in [5.41, 5.74) is 0.544. The second-order valence-electron chi connectivity index (χ2n) is 5.80. The van der Waals surface area contributed by atoms with Crippen molar-refractivity contribution in [3.63, 3.8) is 0 Å². The molecule has 0 saturated carbocycles. The molecular formula is C15H16F3N5O3S. The van der Waals surface area contributed by atoms with E-state index < -0.39 is 17.6 Å². The summed E-state index contributed by atoms with van der Waals surface area (Å²) in [6.45, 7) is 0.491. The van der Waals surface area contributed by atoms with Crippen LogP contribution in [-0.2, 0) is 17.0 Å². The van der Waals surface area contributed by atoms with Crippen LogP contribution in [0.1, 0.15) is 5.56 Å². The Morgan fingerprint density at radius 2 is 2.00 bits per heavy atom. The highest BCUT2D eigenvalue weighted by molar-refractivity contribution is 7.98. The van der Waals surface area contributed by atoms with E-state index >= 15 is 0 Å². The van der Waals surface area contributed by atoms with Crippen molar-refractivity contribution >= 4 is 23.4 Å². The molecular weight excluding hydrogens is 387 g/mol. The summed E-state index contributed by atoms with van der Waals surface area (Å²) in [4.78, 5) is 12.0. The van der Waals surface area contributed by atoms with Crippen LogP contribution in [0.15, 0.2) is 29.4 Å². The minimum Gasteiger partial charge on any atom is -0.378 e. The first-order valence-electron chi connectivity index (χ1n) is 8.02. The first kappa shape index (κ1) is 19.4. The Morgan fingerprint density at radius 3 is 2.67 bits per heavy atom. The Hall–Kier alpha value is -2.34. The Morgan fingerprint density at radius 1 is 1.26 bits per heavy atom. The Labute approximate surface area is 156 Å². The maximum Gasteiger partial charge on any atom is 0.406 e. The molecule has 1 aromatic carbocycles. The minimum absolute atomic E-state index is 0.0705. The number of benzene rings is 1. The summed E-state index contributed by atoms with van der Waals surface area (Å²) >= 11 is 1.05. The maximum atomic E-state index is 13.0. The molecule has 146 valence electrons. The van der Waals surface area contributed by atoms with Crippen molar-refractivity contribution in [2.45, 2.75) is 23.6 Å². The molecule has 12 heteroatoms. The Bertz CT molecular complexity index is 808.